The van der Waals surface area contributed by atoms with E-state index < -0.39 is 0 Å². The molecule has 0 saturated heterocycles. The Labute approximate surface area is 115 Å². The van der Waals surface area contributed by atoms with E-state index in [4.69, 9.17) is 0 Å². The average molecular weight is 279 g/mol. The summed E-state index contributed by atoms with van der Waals surface area (Å²) < 4.78 is 3.17. The Morgan fingerprint density at radius 2 is 2.30 bits per heavy atom. The fraction of sp³-hybridized carbons (Fsp3) is 0.545. The topological polar surface area (TPSA) is 104 Å². The van der Waals surface area contributed by atoms with Crippen LogP contribution in [0.5, 0.6) is 0 Å². The van der Waals surface area contributed by atoms with Gasteiger partial charge in [-0.1, -0.05) is 18.6 Å². The first-order chi connectivity index (χ1) is 9.63. The highest BCUT2D eigenvalue weighted by Gasteiger charge is 2.25. The summed E-state index contributed by atoms with van der Waals surface area (Å²) >= 11 is 0. The van der Waals surface area contributed by atoms with Gasteiger partial charge in [0.05, 0.1) is 17.7 Å². The molecule has 0 spiro atoms. The average Bonchev–Trinajstić information content (AvgIpc) is 2.99. The molecule has 2 aromatic heterocycles. The molecule has 0 radical (unpaired) electrons. The third-order valence-corrected chi connectivity index (χ3v) is 2.87. The normalized spacial score (nSPS) is 10.7. The van der Waals surface area contributed by atoms with Crippen molar-refractivity contribution in [1.82, 2.24) is 24.8 Å². The molecule has 20 heavy (non-hydrogen) atoms. The molecule has 0 unspecified atom stereocenters. The van der Waals surface area contributed by atoms with E-state index >= 15 is 0 Å². The van der Waals surface area contributed by atoms with Crippen molar-refractivity contribution in [3.8, 4) is 0 Å². The fourth-order valence-electron chi connectivity index (χ4n) is 2.00. The summed E-state index contributed by atoms with van der Waals surface area (Å²) in [5.74, 6) is 0.429. The summed E-state index contributed by atoms with van der Waals surface area (Å²) in [5, 5.41) is 26.0. The zero-order chi connectivity index (χ0) is 14.5. The van der Waals surface area contributed by atoms with Crippen LogP contribution >= 0.6 is 0 Å². The van der Waals surface area contributed by atoms with Gasteiger partial charge in [0.25, 0.3) is 0 Å². The van der Waals surface area contributed by atoms with Crippen LogP contribution < -0.4 is 5.32 Å². The van der Waals surface area contributed by atoms with Crippen molar-refractivity contribution < 1.29 is 4.92 Å². The number of nitrogens with one attached hydrogen (secondary N) is 1. The summed E-state index contributed by atoms with van der Waals surface area (Å²) in [6.07, 6.45) is 4.74. The van der Waals surface area contributed by atoms with Crippen molar-refractivity contribution in [2.45, 2.75) is 26.3 Å². The molecule has 0 aliphatic rings. The molecule has 9 heteroatoms. The van der Waals surface area contributed by atoms with E-state index in [1.807, 2.05) is 6.92 Å². The first-order valence-electron chi connectivity index (χ1n) is 6.41. The summed E-state index contributed by atoms with van der Waals surface area (Å²) in [4.78, 5) is 10.8. The standard InChI is InChI=1S/C11H17N7O2/c1-3-4-9-10(18(19)20)11(16(2)14-9)12-5-7-17-8-6-13-15-17/h6,8,12H,3-5,7H2,1-2H3. The van der Waals surface area contributed by atoms with E-state index in [2.05, 4.69) is 20.7 Å². The highest BCUT2D eigenvalue weighted by Crippen LogP contribution is 2.28. The van der Waals surface area contributed by atoms with Gasteiger partial charge in [0.15, 0.2) is 0 Å². The molecule has 0 bridgehead atoms. The van der Waals surface area contributed by atoms with Gasteiger partial charge in [-0.25, -0.2) is 4.68 Å². The number of nitro groups is 1. The van der Waals surface area contributed by atoms with Crippen molar-refractivity contribution >= 4 is 11.5 Å². The largest absolute Gasteiger partial charge is 0.363 e. The van der Waals surface area contributed by atoms with Crippen LogP contribution in [0.1, 0.15) is 19.0 Å². The molecule has 108 valence electrons. The van der Waals surface area contributed by atoms with E-state index in [0.29, 0.717) is 31.0 Å². The second-order valence-electron chi connectivity index (χ2n) is 4.37. The molecule has 9 nitrogen and oxygen atoms in total. The van der Waals surface area contributed by atoms with Crippen LogP contribution in [0, 0.1) is 10.1 Å². The maximum Gasteiger partial charge on any atom is 0.333 e. The Bertz CT molecular complexity index is 576. The van der Waals surface area contributed by atoms with Crippen LogP contribution in [-0.4, -0.2) is 36.2 Å². The predicted octanol–water partition coefficient (Wildman–Crippen LogP) is 0.984. The zero-order valence-corrected chi connectivity index (χ0v) is 11.5. The van der Waals surface area contributed by atoms with Crippen molar-refractivity contribution in [3.63, 3.8) is 0 Å². The molecular formula is C11H17N7O2. The molecule has 0 amide bonds. The van der Waals surface area contributed by atoms with Gasteiger partial charge in [0.2, 0.25) is 5.82 Å². The molecule has 0 atom stereocenters. The van der Waals surface area contributed by atoms with Crippen molar-refractivity contribution in [2.24, 2.45) is 7.05 Å². The molecular weight excluding hydrogens is 262 g/mol. The van der Waals surface area contributed by atoms with Crippen LogP contribution in [0.3, 0.4) is 0 Å². The molecule has 2 heterocycles. The Kier molecular flexibility index (Phi) is 4.28. The Morgan fingerprint density at radius 3 is 2.90 bits per heavy atom. The first-order valence-corrected chi connectivity index (χ1v) is 6.41. The van der Waals surface area contributed by atoms with Crippen LogP contribution in [0.15, 0.2) is 12.4 Å². The molecule has 0 fully saturated rings. The Balaban J connectivity index is 2.11. The maximum absolute atomic E-state index is 11.2. The minimum atomic E-state index is -0.379. The van der Waals surface area contributed by atoms with Gasteiger partial charge in [-0.15, -0.1) is 5.10 Å². The third-order valence-electron chi connectivity index (χ3n) is 2.87. The van der Waals surface area contributed by atoms with E-state index in [1.165, 1.54) is 4.68 Å². The van der Waals surface area contributed by atoms with E-state index in [1.54, 1.807) is 24.1 Å². The number of rotatable bonds is 7. The minimum Gasteiger partial charge on any atom is -0.363 e. The van der Waals surface area contributed by atoms with E-state index in [0.717, 1.165) is 6.42 Å². The molecule has 1 N–H and O–H groups in total. The molecule has 0 aromatic carbocycles. The van der Waals surface area contributed by atoms with Gasteiger partial charge in [-0.05, 0) is 6.42 Å². The number of hydrogen-bond donors (Lipinski definition) is 1. The molecule has 0 aliphatic heterocycles. The van der Waals surface area contributed by atoms with Crippen LogP contribution in [0.4, 0.5) is 11.5 Å². The van der Waals surface area contributed by atoms with Gasteiger partial charge >= 0.3 is 5.69 Å². The monoisotopic (exact) mass is 279 g/mol. The van der Waals surface area contributed by atoms with Crippen LogP contribution in [-0.2, 0) is 20.0 Å². The third kappa shape index (κ3) is 2.92. The SMILES string of the molecule is CCCc1nn(C)c(NCCn2ccnn2)c1[N+](=O)[O-]. The second-order valence-corrected chi connectivity index (χ2v) is 4.37. The number of aromatic nitrogens is 5. The summed E-state index contributed by atoms with van der Waals surface area (Å²) in [6.45, 7) is 3.05. The lowest BCUT2D eigenvalue weighted by molar-refractivity contribution is -0.384. The lowest BCUT2D eigenvalue weighted by Crippen LogP contribution is -2.14. The van der Waals surface area contributed by atoms with Crippen LogP contribution in [0.2, 0.25) is 0 Å². The summed E-state index contributed by atoms with van der Waals surface area (Å²) in [6, 6.07) is 0. The fourth-order valence-corrected chi connectivity index (χ4v) is 2.00. The smallest absolute Gasteiger partial charge is 0.333 e. The van der Waals surface area contributed by atoms with Gasteiger partial charge in [-0.2, -0.15) is 5.10 Å². The maximum atomic E-state index is 11.2. The van der Waals surface area contributed by atoms with Crippen molar-refractivity contribution in [2.75, 3.05) is 11.9 Å². The predicted molar refractivity (Wildman–Crippen MR) is 72.4 cm³/mol. The summed E-state index contributed by atoms with van der Waals surface area (Å²) in [5.41, 5.74) is 0.580. The zero-order valence-electron chi connectivity index (χ0n) is 11.5. The van der Waals surface area contributed by atoms with Gasteiger partial charge in [-0.3, -0.25) is 14.8 Å². The first kappa shape index (κ1) is 14.0. The second kappa shape index (κ2) is 6.13. The van der Waals surface area contributed by atoms with Crippen molar-refractivity contribution in [1.29, 1.82) is 0 Å². The van der Waals surface area contributed by atoms with E-state index in [9.17, 15) is 10.1 Å². The molecule has 2 aromatic rings. The quantitative estimate of drug-likeness (QED) is 0.598. The highest BCUT2D eigenvalue weighted by molar-refractivity contribution is 5.59. The molecule has 0 saturated carbocycles. The Hall–Kier alpha value is -2.45. The van der Waals surface area contributed by atoms with Crippen molar-refractivity contribution in [3.05, 3.63) is 28.2 Å². The van der Waals surface area contributed by atoms with Crippen LogP contribution in [0.25, 0.3) is 0 Å². The molecule has 2 rings (SSSR count). The number of nitrogens with zero attached hydrogens (tertiary/aromatic N) is 6. The van der Waals surface area contributed by atoms with E-state index in [-0.39, 0.29) is 10.6 Å². The number of hydrogen-bond acceptors (Lipinski definition) is 6. The number of anilines is 1. The van der Waals surface area contributed by atoms with Gasteiger partial charge in [0, 0.05) is 19.8 Å². The lowest BCUT2D eigenvalue weighted by Gasteiger charge is -2.05. The highest BCUT2D eigenvalue weighted by atomic mass is 16.6. The molecule has 0 aliphatic carbocycles. The minimum absolute atomic E-state index is 0.0629. The Morgan fingerprint density at radius 1 is 1.50 bits per heavy atom. The van der Waals surface area contributed by atoms with Gasteiger partial charge in [0.1, 0.15) is 5.69 Å². The lowest BCUT2D eigenvalue weighted by atomic mass is 10.2. The van der Waals surface area contributed by atoms with Gasteiger partial charge < -0.3 is 5.32 Å². The summed E-state index contributed by atoms with van der Waals surface area (Å²) in [7, 11) is 1.70. The number of aryl methyl sites for hydroxylation is 2.